The van der Waals surface area contributed by atoms with Crippen molar-refractivity contribution in [2.75, 3.05) is 25.2 Å². The Hall–Kier alpha value is -2.37. The molecule has 1 N–H and O–H groups in total. The average Bonchev–Trinajstić information content (AvgIpc) is 2.71. The molecule has 0 aromatic heterocycles. The fourth-order valence-electron chi connectivity index (χ4n) is 4.66. The van der Waals surface area contributed by atoms with Gasteiger partial charge >= 0.3 is 0 Å². The SMILES string of the molecule is CCC(=O)N1C[C@H]2[C@@H](c3ccccc31)[C@@H](CO)N2Cc1ccccc1OC. The number of carbonyl (C=O) groups excluding carboxylic acids is 1. The van der Waals surface area contributed by atoms with Gasteiger partial charge in [-0.1, -0.05) is 43.3 Å². The molecule has 142 valence electrons. The van der Waals surface area contributed by atoms with E-state index in [2.05, 4.69) is 17.0 Å². The molecule has 0 unspecified atom stereocenters. The molecule has 2 aromatic carbocycles. The number of aliphatic hydroxyl groups excluding tert-OH is 1. The highest BCUT2D eigenvalue weighted by Crippen LogP contribution is 2.49. The monoisotopic (exact) mass is 366 g/mol. The molecule has 2 aliphatic rings. The van der Waals surface area contributed by atoms with Gasteiger partial charge in [-0.25, -0.2) is 0 Å². The maximum Gasteiger partial charge on any atom is 0.226 e. The van der Waals surface area contributed by atoms with Gasteiger partial charge in [-0.2, -0.15) is 0 Å². The van der Waals surface area contributed by atoms with Gasteiger partial charge in [0.25, 0.3) is 0 Å². The lowest BCUT2D eigenvalue weighted by Gasteiger charge is -2.59. The first-order valence-electron chi connectivity index (χ1n) is 9.57. The minimum absolute atomic E-state index is 0.0555. The summed E-state index contributed by atoms with van der Waals surface area (Å²) in [6.07, 6.45) is 0.488. The highest BCUT2D eigenvalue weighted by Gasteiger charge is 2.53. The van der Waals surface area contributed by atoms with Crippen LogP contribution in [-0.4, -0.2) is 48.3 Å². The van der Waals surface area contributed by atoms with Crippen LogP contribution in [-0.2, 0) is 11.3 Å². The Kier molecular flexibility index (Phi) is 4.89. The summed E-state index contributed by atoms with van der Waals surface area (Å²) in [5.74, 6) is 1.25. The fourth-order valence-corrected chi connectivity index (χ4v) is 4.66. The molecule has 2 aliphatic heterocycles. The number of aliphatic hydroxyl groups is 1. The molecule has 2 heterocycles. The normalized spacial score (nSPS) is 24.0. The zero-order valence-electron chi connectivity index (χ0n) is 15.8. The van der Waals surface area contributed by atoms with Crippen molar-refractivity contribution in [3.05, 3.63) is 59.7 Å². The highest BCUT2D eigenvalue weighted by atomic mass is 16.5. The molecule has 2 aromatic rings. The number of para-hydroxylation sites is 2. The quantitative estimate of drug-likeness (QED) is 0.884. The van der Waals surface area contributed by atoms with Crippen LogP contribution in [0.5, 0.6) is 5.75 Å². The summed E-state index contributed by atoms with van der Waals surface area (Å²) in [5, 5.41) is 10.1. The van der Waals surface area contributed by atoms with Gasteiger partial charge in [-0.15, -0.1) is 0 Å². The van der Waals surface area contributed by atoms with E-state index in [0.29, 0.717) is 19.5 Å². The zero-order chi connectivity index (χ0) is 19.0. The van der Waals surface area contributed by atoms with E-state index in [9.17, 15) is 9.90 Å². The number of ether oxygens (including phenoxy) is 1. The van der Waals surface area contributed by atoms with Crippen molar-refractivity contribution in [1.82, 2.24) is 4.90 Å². The third kappa shape index (κ3) is 2.91. The number of benzene rings is 2. The largest absolute Gasteiger partial charge is 0.496 e. The first kappa shape index (κ1) is 18.0. The molecule has 1 amide bonds. The third-order valence-electron chi connectivity index (χ3n) is 5.97. The molecule has 5 nitrogen and oxygen atoms in total. The van der Waals surface area contributed by atoms with Crippen LogP contribution in [0.1, 0.15) is 30.4 Å². The van der Waals surface area contributed by atoms with Crippen LogP contribution >= 0.6 is 0 Å². The zero-order valence-corrected chi connectivity index (χ0v) is 15.8. The van der Waals surface area contributed by atoms with Crippen molar-refractivity contribution >= 4 is 11.6 Å². The number of methoxy groups -OCH3 is 1. The van der Waals surface area contributed by atoms with E-state index in [1.165, 1.54) is 5.56 Å². The van der Waals surface area contributed by atoms with Crippen LogP contribution in [0, 0.1) is 0 Å². The topological polar surface area (TPSA) is 53.0 Å². The fraction of sp³-hybridized carbons (Fsp3) is 0.409. The lowest BCUT2D eigenvalue weighted by atomic mass is 9.71. The van der Waals surface area contributed by atoms with Crippen molar-refractivity contribution in [1.29, 1.82) is 0 Å². The van der Waals surface area contributed by atoms with Gasteiger partial charge in [0.2, 0.25) is 5.91 Å². The van der Waals surface area contributed by atoms with Crippen LogP contribution < -0.4 is 9.64 Å². The molecule has 1 fully saturated rings. The van der Waals surface area contributed by atoms with Gasteiger partial charge in [0.15, 0.2) is 0 Å². The maximum absolute atomic E-state index is 12.6. The summed E-state index contributed by atoms with van der Waals surface area (Å²) < 4.78 is 5.50. The third-order valence-corrected chi connectivity index (χ3v) is 5.97. The molecule has 4 rings (SSSR count). The van der Waals surface area contributed by atoms with E-state index < -0.39 is 0 Å². The van der Waals surface area contributed by atoms with E-state index in [4.69, 9.17) is 4.74 Å². The molecule has 1 saturated heterocycles. The number of anilines is 1. The number of likely N-dealkylation sites (tertiary alicyclic amines) is 1. The van der Waals surface area contributed by atoms with Crippen molar-refractivity contribution in [2.24, 2.45) is 0 Å². The van der Waals surface area contributed by atoms with Gasteiger partial charge < -0.3 is 14.7 Å². The lowest BCUT2D eigenvalue weighted by Crippen LogP contribution is -2.68. The first-order chi connectivity index (χ1) is 13.2. The summed E-state index contributed by atoms with van der Waals surface area (Å²) in [7, 11) is 1.68. The van der Waals surface area contributed by atoms with Crippen molar-refractivity contribution < 1.29 is 14.6 Å². The number of nitrogens with zero attached hydrogens (tertiary/aromatic N) is 2. The summed E-state index contributed by atoms with van der Waals surface area (Å²) in [6.45, 7) is 3.38. The number of fused-ring (bicyclic) bond motifs is 3. The molecule has 27 heavy (non-hydrogen) atoms. The molecule has 0 radical (unpaired) electrons. The van der Waals surface area contributed by atoms with E-state index in [0.717, 1.165) is 17.0 Å². The second-order valence-electron chi connectivity index (χ2n) is 7.24. The standard InChI is InChI=1S/C22H26N2O3/c1-3-21(26)24-13-18-22(16-9-5-6-10-17(16)24)19(14-25)23(18)12-15-8-4-7-11-20(15)27-2/h4-11,18-19,22,25H,3,12-14H2,1-2H3/t18-,19+,22+/m0/s1. The van der Waals surface area contributed by atoms with Crippen molar-refractivity contribution in [2.45, 2.75) is 37.9 Å². The van der Waals surface area contributed by atoms with Crippen LogP contribution in [0.2, 0.25) is 0 Å². The molecule has 0 saturated carbocycles. The Morgan fingerprint density at radius 3 is 2.67 bits per heavy atom. The maximum atomic E-state index is 12.6. The minimum atomic E-state index is 0.0555. The van der Waals surface area contributed by atoms with Crippen LogP contribution in [0.25, 0.3) is 0 Å². The Morgan fingerprint density at radius 1 is 1.19 bits per heavy atom. The predicted molar refractivity (Wildman–Crippen MR) is 105 cm³/mol. The number of amides is 1. The van der Waals surface area contributed by atoms with E-state index in [1.807, 2.05) is 48.2 Å². The molecular formula is C22H26N2O3. The molecule has 0 spiro atoms. The second kappa shape index (κ2) is 7.33. The summed E-state index contributed by atoms with van der Waals surface area (Å²) >= 11 is 0. The molecule has 0 bridgehead atoms. The summed E-state index contributed by atoms with van der Waals surface area (Å²) in [6, 6.07) is 16.4. The number of carbonyl (C=O) groups is 1. The second-order valence-corrected chi connectivity index (χ2v) is 7.24. The highest BCUT2D eigenvalue weighted by molar-refractivity contribution is 5.95. The Morgan fingerprint density at radius 2 is 1.93 bits per heavy atom. The van der Waals surface area contributed by atoms with Gasteiger partial charge in [0.1, 0.15) is 5.75 Å². The lowest BCUT2D eigenvalue weighted by molar-refractivity contribution is -0.119. The van der Waals surface area contributed by atoms with Gasteiger partial charge in [0.05, 0.1) is 13.7 Å². The van der Waals surface area contributed by atoms with E-state index >= 15 is 0 Å². The van der Waals surface area contributed by atoms with Crippen molar-refractivity contribution in [3.8, 4) is 5.75 Å². The first-order valence-corrected chi connectivity index (χ1v) is 9.57. The summed E-state index contributed by atoms with van der Waals surface area (Å²) in [5.41, 5.74) is 3.27. The number of hydrogen-bond acceptors (Lipinski definition) is 4. The van der Waals surface area contributed by atoms with Gasteiger partial charge in [-0.05, 0) is 17.7 Å². The van der Waals surface area contributed by atoms with Gasteiger partial charge in [0, 0.05) is 48.8 Å². The van der Waals surface area contributed by atoms with E-state index in [-0.39, 0.29) is 30.5 Å². The van der Waals surface area contributed by atoms with Crippen LogP contribution in [0.3, 0.4) is 0 Å². The molecular weight excluding hydrogens is 340 g/mol. The Balaban J connectivity index is 1.67. The minimum Gasteiger partial charge on any atom is -0.496 e. The van der Waals surface area contributed by atoms with E-state index in [1.54, 1.807) is 7.11 Å². The number of rotatable bonds is 5. The molecule has 5 heteroatoms. The average molecular weight is 366 g/mol. The smallest absolute Gasteiger partial charge is 0.226 e. The number of hydrogen-bond donors (Lipinski definition) is 1. The Bertz CT molecular complexity index is 838. The molecule has 0 aliphatic carbocycles. The predicted octanol–water partition coefficient (Wildman–Crippen LogP) is 2.78. The van der Waals surface area contributed by atoms with Crippen molar-refractivity contribution in [3.63, 3.8) is 0 Å². The van der Waals surface area contributed by atoms with Gasteiger partial charge in [-0.3, -0.25) is 9.69 Å². The van der Waals surface area contributed by atoms with Crippen LogP contribution in [0.15, 0.2) is 48.5 Å². The molecule has 3 atom stereocenters. The summed E-state index contributed by atoms with van der Waals surface area (Å²) in [4.78, 5) is 16.8. The Labute approximate surface area is 160 Å². The van der Waals surface area contributed by atoms with Crippen LogP contribution in [0.4, 0.5) is 5.69 Å².